The molecule has 1 N–H and O–H groups in total. The third-order valence-electron chi connectivity index (χ3n) is 6.66. The van der Waals surface area contributed by atoms with Crippen molar-refractivity contribution >= 4 is 5.91 Å². The van der Waals surface area contributed by atoms with E-state index in [2.05, 4.69) is 21.8 Å². The second-order valence-electron chi connectivity index (χ2n) is 8.88. The van der Waals surface area contributed by atoms with Crippen LogP contribution in [0.2, 0.25) is 0 Å². The number of aromatic nitrogens is 3. The highest BCUT2D eigenvalue weighted by Gasteiger charge is 2.49. The van der Waals surface area contributed by atoms with Crippen molar-refractivity contribution in [1.29, 1.82) is 0 Å². The van der Waals surface area contributed by atoms with Crippen LogP contribution in [0.5, 0.6) is 0 Å². The zero-order valence-electron chi connectivity index (χ0n) is 15.9. The van der Waals surface area contributed by atoms with Crippen molar-refractivity contribution in [3.63, 3.8) is 0 Å². The van der Waals surface area contributed by atoms with Gasteiger partial charge in [0.05, 0.1) is 24.9 Å². The van der Waals surface area contributed by atoms with E-state index in [0.717, 1.165) is 18.0 Å². The number of amides is 1. The lowest BCUT2D eigenvalue weighted by molar-refractivity contribution is -0.122. The highest BCUT2D eigenvalue weighted by atomic mass is 16.6. The van der Waals surface area contributed by atoms with Crippen molar-refractivity contribution in [2.24, 2.45) is 11.8 Å². The third kappa shape index (κ3) is 3.90. The second-order valence-corrected chi connectivity index (χ2v) is 8.88. The number of rotatable bonds is 6. The molecule has 0 bridgehead atoms. The standard InChI is InChI=1S/C20H30N4O3/c25-18(9-14-6-7-14)21-16-11-26-20-17(12-27-19(16)20)24-10-15(22-23-24)8-13-4-2-1-3-5-13/h10,13-14,16-17,19-20H,1-9,11-12H2,(H,21,25). The molecule has 4 aliphatic rings. The maximum atomic E-state index is 12.1. The first-order chi connectivity index (χ1) is 13.3. The molecule has 2 aliphatic carbocycles. The molecule has 0 aromatic carbocycles. The summed E-state index contributed by atoms with van der Waals surface area (Å²) in [5.41, 5.74) is 1.08. The van der Waals surface area contributed by atoms with Crippen molar-refractivity contribution in [2.75, 3.05) is 13.2 Å². The Morgan fingerprint density at radius 3 is 2.70 bits per heavy atom. The lowest BCUT2D eigenvalue weighted by atomic mass is 9.86. The number of fused-ring (bicyclic) bond motifs is 1. The van der Waals surface area contributed by atoms with E-state index in [1.165, 1.54) is 44.9 Å². The van der Waals surface area contributed by atoms with Crippen molar-refractivity contribution in [1.82, 2.24) is 20.3 Å². The summed E-state index contributed by atoms with van der Waals surface area (Å²) < 4.78 is 13.9. The molecule has 2 aliphatic heterocycles. The molecule has 2 saturated heterocycles. The van der Waals surface area contributed by atoms with Gasteiger partial charge in [0.1, 0.15) is 18.2 Å². The van der Waals surface area contributed by atoms with Gasteiger partial charge in [-0.15, -0.1) is 5.10 Å². The minimum atomic E-state index is -0.0795. The van der Waals surface area contributed by atoms with Gasteiger partial charge in [-0.2, -0.15) is 0 Å². The summed E-state index contributed by atoms with van der Waals surface area (Å²) in [5.74, 6) is 1.48. The van der Waals surface area contributed by atoms with Crippen LogP contribution in [0.3, 0.4) is 0 Å². The van der Waals surface area contributed by atoms with Crippen LogP contribution in [0, 0.1) is 11.8 Å². The van der Waals surface area contributed by atoms with Crippen molar-refractivity contribution in [2.45, 2.75) is 82.1 Å². The molecule has 7 heteroatoms. The lowest BCUT2D eigenvalue weighted by Crippen LogP contribution is -2.44. The minimum Gasteiger partial charge on any atom is -0.371 e. The fourth-order valence-electron chi connectivity index (χ4n) is 4.94. The Balaban J connectivity index is 1.18. The predicted octanol–water partition coefficient (Wildman–Crippen LogP) is 2.02. The van der Waals surface area contributed by atoms with Gasteiger partial charge in [0.25, 0.3) is 0 Å². The van der Waals surface area contributed by atoms with Gasteiger partial charge in [0.2, 0.25) is 5.91 Å². The predicted molar refractivity (Wildman–Crippen MR) is 98.1 cm³/mol. The van der Waals surface area contributed by atoms with Gasteiger partial charge in [0, 0.05) is 12.6 Å². The Morgan fingerprint density at radius 2 is 1.89 bits per heavy atom. The molecule has 3 heterocycles. The highest BCUT2D eigenvalue weighted by Crippen LogP contribution is 2.35. The van der Waals surface area contributed by atoms with Crippen LogP contribution in [0.4, 0.5) is 0 Å². The molecule has 1 aromatic heterocycles. The maximum absolute atomic E-state index is 12.1. The highest BCUT2D eigenvalue weighted by molar-refractivity contribution is 5.77. The number of nitrogens with one attached hydrogen (secondary N) is 1. The summed E-state index contributed by atoms with van der Waals surface area (Å²) in [6, 6.07) is 0.00409. The zero-order valence-corrected chi connectivity index (χ0v) is 15.9. The van der Waals surface area contributed by atoms with Gasteiger partial charge in [-0.05, 0) is 31.1 Å². The Morgan fingerprint density at radius 1 is 1.07 bits per heavy atom. The molecule has 2 saturated carbocycles. The van der Waals surface area contributed by atoms with E-state index in [-0.39, 0.29) is 30.2 Å². The molecule has 1 aromatic rings. The number of hydrogen-bond donors (Lipinski definition) is 1. The van der Waals surface area contributed by atoms with E-state index in [9.17, 15) is 4.79 Å². The fourth-order valence-corrected chi connectivity index (χ4v) is 4.94. The van der Waals surface area contributed by atoms with E-state index in [4.69, 9.17) is 9.47 Å². The zero-order chi connectivity index (χ0) is 18.2. The van der Waals surface area contributed by atoms with Crippen LogP contribution in [-0.4, -0.2) is 52.4 Å². The van der Waals surface area contributed by atoms with E-state index < -0.39 is 0 Å². The first-order valence-electron chi connectivity index (χ1n) is 10.7. The van der Waals surface area contributed by atoms with Crippen LogP contribution in [0.25, 0.3) is 0 Å². The normalized spacial score (nSPS) is 33.9. The summed E-state index contributed by atoms with van der Waals surface area (Å²) in [6.07, 6.45) is 12.7. The minimum absolute atomic E-state index is 0.0449. The van der Waals surface area contributed by atoms with E-state index in [1.54, 1.807) is 0 Å². The molecule has 0 spiro atoms. The average molecular weight is 374 g/mol. The third-order valence-corrected chi connectivity index (χ3v) is 6.66. The first-order valence-corrected chi connectivity index (χ1v) is 10.7. The number of nitrogens with zero attached hydrogens (tertiary/aromatic N) is 3. The number of carbonyl (C=O) groups is 1. The summed E-state index contributed by atoms with van der Waals surface area (Å²) >= 11 is 0. The smallest absolute Gasteiger partial charge is 0.220 e. The maximum Gasteiger partial charge on any atom is 0.220 e. The van der Waals surface area contributed by atoms with Gasteiger partial charge in [0.15, 0.2) is 0 Å². The molecule has 4 atom stereocenters. The lowest BCUT2D eigenvalue weighted by Gasteiger charge is -2.20. The Labute approximate surface area is 160 Å². The number of hydrogen-bond acceptors (Lipinski definition) is 5. The molecule has 1 amide bonds. The average Bonchev–Trinajstić information content (AvgIpc) is 3.06. The van der Waals surface area contributed by atoms with Gasteiger partial charge in [-0.1, -0.05) is 37.3 Å². The second kappa shape index (κ2) is 7.51. The SMILES string of the molecule is O=C(CC1CC1)NC1COC2C1OCC2n1cc(CC2CCCCC2)nn1. The quantitative estimate of drug-likeness (QED) is 0.824. The van der Waals surface area contributed by atoms with Crippen molar-refractivity contribution in [3.8, 4) is 0 Å². The first kappa shape index (κ1) is 17.6. The van der Waals surface area contributed by atoms with Crippen molar-refractivity contribution < 1.29 is 14.3 Å². The Bertz CT molecular complexity index is 668. The van der Waals surface area contributed by atoms with Crippen LogP contribution in [-0.2, 0) is 20.7 Å². The van der Waals surface area contributed by atoms with Gasteiger partial charge >= 0.3 is 0 Å². The molecule has 5 rings (SSSR count). The van der Waals surface area contributed by atoms with Crippen LogP contribution in [0.1, 0.15) is 63.1 Å². The largest absolute Gasteiger partial charge is 0.371 e. The van der Waals surface area contributed by atoms with Crippen LogP contribution < -0.4 is 5.32 Å². The molecule has 0 radical (unpaired) electrons. The summed E-state index contributed by atoms with van der Waals surface area (Å²) in [5, 5.41) is 11.9. The van der Waals surface area contributed by atoms with E-state index in [0.29, 0.717) is 25.6 Å². The Hall–Kier alpha value is -1.47. The van der Waals surface area contributed by atoms with Gasteiger partial charge < -0.3 is 14.8 Å². The molecular formula is C20H30N4O3. The summed E-state index contributed by atoms with van der Waals surface area (Å²) in [6.45, 7) is 1.09. The molecular weight excluding hydrogens is 344 g/mol. The van der Waals surface area contributed by atoms with Gasteiger partial charge in [-0.25, -0.2) is 4.68 Å². The molecule has 7 nitrogen and oxygen atoms in total. The monoisotopic (exact) mass is 374 g/mol. The Kier molecular flexibility index (Phi) is 4.90. The number of ether oxygens (including phenoxy) is 2. The van der Waals surface area contributed by atoms with Crippen molar-refractivity contribution in [3.05, 3.63) is 11.9 Å². The number of carbonyl (C=O) groups excluding carboxylic acids is 1. The topological polar surface area (TPSA) is 78.3 Å². The molecule has 27 heavy (non-hydrogen) atoms. The fraction of sp³-hybridized carbons (Fsp3) is 0.850. The molecule has 148 valence electrons. The summed E-state index contributed by atoms with van der Waals surface area (Å²) in [4.78, 5) is 12.1. The van der Waals surface area contributed by atoms with E-state index >= 15 is 0 Å². The van der Waals surface area contributed by atoms with Gasteiger partial charge in [-0.3, -0.25) is 4.79 Å². The van der Waals surface area contributed by atoms with Crippen LogP contribution in [0.15, 0.2) is 6.20 Å². The van der Waals surface area contributed by atoms with Crippen LogP contribution >= 0.6 is 0 Å². The van der Waals surface area contributed by atoms with E-state index in [1.807, 2.05) is 4.68 Å². The summed E-state index contributed by atoms with van der Waals surface area (Å²) in [7, 11) is 0. The molecule has 4 unspecified atom stereocenters. The molecule has 4 fully saturated rings.